The van der Waals surface area contributed by atoms with Crippen LogP contribution >= 0.6 is 0 Å². The van der Waals surface area contributed by atoms with Crippen molar-refractivity contribution in [1.29, 1.82) is 0 Å². The molecule has 1 aromatic carbocycles. The summed E-state index contributed by atoms with van der Waals surface area (Å²) in [6, 6.07) is 8.09. The number of ether oxygens (including phenoxy) is 1. The van der Waals surface area contributed by atoms with Crippen molar-refractivity contribution < 1.29 is 9.15 Å². The molecule has 0 aliphatic carbocycles. The first-order valence-electron chi connectivity index (χ1n) is 6.99. The molecule has 3 heteroatoms. The second kappa shape index (κ2) is 5.53. The van der Waals surface area contributed by atoms with Gasteiger partial charge in [0.15, 0.2) is 0 Å². The molecule has 0 N–H and O–H groups in total. The maximum absolute atomic E-state index is 5.90. The van der Waals surface area contributed by atoms with E-state index in [-0.39, 0.29) is 0 Å². The zero-order valence-corrected chi connectivity index (χ0v) is 12.7. The quantitative estimate of drug-likeness (QED) is 0.671. The lowest BCUT2D eigenvalue weighted by atomic mass is 10.0. The molecule has 0 atom stereocenters. The normalized spacial score (nSPS) is 10.6. The Morgan fingerprint density at radius 3 is 2.59 bits per heavy atom. The molecule has 2 heterocycles. The van der Waals surface area contributed by atoms with Crippen LogP contribution in [-0.4, -0.2) is 12.1 Å². The maximum atomic E-state index is 5.90. The van der Waals surface area contributed by atoms with E-state index in [1.54, 1.807) is 25.5 Å². The summed E-state index contributed by atoms with van der Waals surface area (Å²) in [7, 11) is 1.64. The topological polar surface area (TPSA) is 35.3 Å². The lowest BCUT2D eigenvalue weighted by molar-refractivity contribution is 0.414. The van der Waals surface area contributed by atoms with E-state index in [4.69, 9.17) is 9.15 Å². The Balaban J connectivity index is 2.28. The number of rotatable bonds is 4. The molecule has 2 aromatic heterocycles. The molecule has 0 aliphatic rings. The Labute approximate surface area is 129 Å². The summed E-state index contributed by atoms with van der Waals surface area (Å²) >= 11 is 0. The van der Waals surface area contributed by atoms with Gasteiger partial charge in [0.25, 0.3) is 0 Å². The Kier molecular flexibility index (Phi) is 3.55. The molecule has 3 rings (SSSR count). The van der Waals surface area contributed by atoms with Gasteiger partial charge >= 0.3 is 0 Å². The molecule has 22 heavy (non-hydrogen) atoms. The Morgan fingerprint density at radius 1 is 1.14 bits per heavy atom. The number of pyridine rings is 1. The van der Waals surface area contributed by atoms with Crippen LogP contribution in [0.3, 0.4) is 0 Å². The first kappa shape index (κ1) is 14.1. The Hall–Kier alpha value is -2.81. The summed E-state index contributed by atoms with van der Waals surface area (Å²) < 4.78 is 11.2. The van der Waals surface area contributed by atoms with Crippen LogP contribution < -0.4 is 4.74 Å². The summed E-state index contributed by atoms with van der Waals surface area (Å²) in [5.74, 6) is 2.21. The summed E-state index contributed by atoms with van der Waals surface area (Å²) in [6.45, 7) is 9.63. The molecule has 0 saturated heterocycles. The molecule has 0 amide bonds. The minimum absolute atomic E-state index is 0.716. The van der Waals surface area contributed by atoms with Crippen molar-refractivity contribution in [3.63, 3.8) is 0 Å². The molecule has 0 aliphatic heterocycles. The number of furan rings is 1. The lowest BCUT2D eigenvalue weighted by Gasteiger charge is -2.07. The molecule has 0 unspecified atom stereocenters. The SMILES string of the molecule is C=Cc1cc(-c2cc(C)cc3cc(OC)cnc23)oc1C=C. The lowest BCUT2D eigenvalue weighted by Crippen LogP contribution is -1.89. The summed E-state index contributed by atoms with van der Waals surface area (Å²) in [4.78, 5) is 4.52. The van der Waals surface area contributed by atoms with Gasteiger partial charge in [0.2, 0.25) is 0 Å². The molecular formula is C19H17NO2. The molecule has 3 aromatic rings. The number of methoxy groups -OCH3 is 1. The van der Waals surface area contributed by atoms with Gasteiger partial charge in [-0.15, -0.1) is 0 Å². The number of hydrogen-bond acceptors (Lipinski definition) is 3. The average molecular weight is 291 g/mol. The fraction of sp³-hybridized carbons (Fsp3) is 0.105. The molecule has 0 fully saturated rings. The van der Waals surface area contributed by atoms with E-state index in [1.165, 1.54) is 0 Å². The van der Waals surface area contributed by atoms with Gasteiger partial charge in [-0.05, 0) is 42.8 Å². The zero-order valence-electron chi connectivity index (χ0n) is 12.7. The van der Waals surface area contributed by atoms with Crippen LogP contribution in [-0.2, 0) is 0 Å². The molecule has 0 bridgehead atoms. The third kappa shape index (κ3) is 2.31. The molecular weight excluding hydrogens is 274 g/mol. The highest BCUT2D eigenvalue weighted by atomic mass is 16.5. The number of nitrogens with zero attached hydrogens (tertiary/aromatic N) is 1. The van der Waals surface area contributed by atoms with E-state index < -0.39 is 0 Å². The van der Waals surface area contributed by atoms with E-state index in [1.807, 2.05) is 19.1 Å². The van der Waals surface area contributed by atoms with Crippen molar-refractivity contribution in [1.82, 2.24) is 4.98 Å². The second-order valence-corrected chi connectivity index (χ2v) is 5.10. The van der Waals surface area contributed by atoms with E-state index >= 15 is 0 Å². The highest BCUT2D eigenvalue weighted by Gasteiger charge is 2.13. The number of fused-ring (bicyclic) bond motifs is 1. The Bertz CT molecular complexity index is 849. The highest BCUT2D eigenvalue weighted by Crippen LogP contribution is 2.33. The van der Waals surface area contributed by atoms with Gasteiger partial charge in [0, 0.05) is 16.5 Å². The van der Waals surface area contributed by atoms with Crippen molar-refractivity contribution in [2.24, 2.45) is 0 Å². The van der Waals surface area contributed by atoms with Gasteiger partial charge < -0.3 is 9.15 Å². The van der Waals surface area contributed by atoms with Crippen molar-refractivity contribution in [3.8, 4) is 17.1 Å². The van der Waals surface area contributed by atoms with Gasteiger partial charge in [-0.1, -0.05) is 19.2 Å². The van der Waals surface area contributed by atoms with Crippen LogP contribution in [0, 0.1) is 6.92 Å². The summed E-state index contributed by atoms with van der Waals surface area (Å²) in [5, 5.41) is 1.02. The summed E-state index contributed by atoms with van der Waals surface area (Å²) in [6.07, 6.45) is 5.17. The number of aromatic nitrogens is 1. The van der Waals surface area contributed by atoms with Gasteiger partial charge in [-0.2, -0.15) is 0 Å². The molecule has 0 spiro atoms. The zero-order chi connectivity index (χ0) is 15.7. The largest absolute Gasteiger partial charge is 0.495 e. The average Bonchev–Trinajstić information content (AvgIpc) is 2.96. The van der Waals surface area contributed by atoms with Crippen molar-refractivity contribution in [2.75, 3.05) is 7.11 Å². The minimum Gasteiger partial charge on any atom is -0.495 e. The summed E-state index contributed by atoms with van der Waals surface area (Å²) in [5.41, 5.74) is 3.89. The molecule has 0 radical (unpaired) electrons. The van der Waals surface area contributed by atoms with E-state index in [9.17, 15) is 0 Å². The molecule has 3 nitrogen and oxygen atoms in total. The van der Waals surface area contributed by atoms with Crippen LogP contribution in [0.4, 0.5) is 0 Å². The highest BCUT2D eigenvalue weighted by molar-refractivity contribution is 5.94. The van der Waals surface area contributed by atoms with Crippen LogP contribution in [0.15, 0.2) is 48.0 Å². The third-order valence-corrected chi connectivity index (χ3v) is 3.60. The van der Waals surface area contributed by atoms with Crippen LogP contribution in [0.1, 0.15) is 16.9 Å². The maximum Gasteiger partial charge on any atom is 0.137 e. The first-order chi connectivity index (χ1) is 10.7. The Morgan fingerprint density at radius 2 is 1.95 bits per heavy atom. The monoisotopic (exact) mass is 291 g/mol. The fourth-order valence-electron chi connectivity index (χ4n) is 2.55. The second-order valence-electron chi connectivity index (χ2n) is 5.10. The molecule has 0 saturated carbocycles. The van der Waals surface area contributed by atoms with Crippen LogP contribution in [0.5, 0.6) is 5.75 Å². The fourth-order valence-corrected chi connectivity index (χ4v) is 2.55. The standard InChI is InChI=1S/C19H17NO2/c1-5-13-10-18(22-17(13)6-2)16-8-12(3)7-14-9-15(21-4)11-20-19(14)16/h5-11H,1-2H2,3-4H3. The van der Waals surface area contributed by atoms with Gasteiger partial charge in [-0.3, -0.25) is 4.98 Å². The predicted octanol–water partition coefficient (Wildman–Crippen LogP) is 5.10. The number of benzene rings is 1. The van der Waals surface area contributed by atoms with Crippen LogP contribution in [0.25, 0.3) is 34.4 Å². The first-order valence-corrected chi connectivity index (χ1v) is 6.99. The number of aryl methyl sites for hydroxylation is 1. The predicted molar refractivity (Wildman–Crippen MR) is 90.9 cm³/mol. The van der Waals surface area contributed by atoms with Gasteiger partial charge in [-0.25, -0.2) is 0 Å². The third-order valence-electron chi connectivity index (χ3n) is 3.60. The number of hydrogen-bond donors (Lipinski definition) is 0. The van der Waals surface area contributed by atoms with E-state index in [2.05, 4.69) is 30.3 Å². The van der Waals surface area contributed by atoms with Crippen molar-refractivity contribution in [3.05, 3.63) is 60.5 Å². The van der Waals surface area contributed by atoms with Crippen LogP contribution in [0.2, 0.25) is 0 Å². The smallest absolute Gasteiger partial charge is 0.137 e. The minimum atomic E-state index is 0.716. The van der Waals surface area contributed by atoms with E-state index in [0.29, 0.717) is 5.76 Å². The van der Waals surface area contributed by atoms with E-state index in [0.717, 1.165) is 39.1 Å². The van der Waals surface area contributed by atoms with Crippen molar-refractivity contribution in [2.45, 2.75) is 6.92 Å². The molecule has 110 valence electrons. The van der Waals surface area contributed by atoms with Gasteiger partial charge in [0.1, 0.15) is 17.3 Å². The van der Waals surface area contributed by atoms with Gasteiger partial charge in [0.05, 0.1) is 18.8 Å². The van der Waals surface area contributed by atoms with Crippen molar-refractivity contribution >= 4 is 23.1 Å².